The zero-order valence-electron chi connectivity index (χ0n) is 13.4. The fourth-order valence-corrected chi connectivity index (χ4v) is 3.64. The Kier molecular flexibility index (Phi) is 6.07. The number of hydrogen-bond acceptors (Lipinski definition) is 1. The number of halogens is 2. The van der Waals surface area contributed by atoms with Crippen molar-refractivity contribution < 1.29 is 4.39 Å². The lowest BCUT2D eigenvalue weighted by Crippen LogP contribution is -2.31. The van der Waals surface area contributed by atoms with Gasteiger partial charge in [0.2, 0.25) is 0 Å². The molecule has 1 N–H and O–H groups in total. The van der Waals surface area contributed by atoms with Crippen LogP contribution in [0, 0.1) is 24.6 Å². The average Bonchev–Trinajstić information content (AvgIpc) is 2.46. The van der Waals surface area contributed by atoms with Gasteiger partial charge in [0.15, 0.2) is 0 Å². The smallest absolute Gasteiger partial charge is 0.127 e. The Morgan fingerprint density at radius 3 is 2.57 bits per heavy atom. The number of hydrogen-bond donors (Lipinski definition) is 1. The van der Waals surface area contributed by atoms with E-state index in [0.717, 1.165) is 24.4 Å². The maximum atomic E-state index is 13.7. The van der Waals surface area contributed by atoms with Gasteiger partial charge in [-0.15, -0.1) is 0 Å². The van der Waals surface area contributed by atoms with Gasteiger partial charge in [-0.3, -0.25) is 0 Å². The molecule has 0 radical (unpaired) electrons. The molecule has 1 saturated carbocycles. The Morgan fingerprint density at radius 2 is 1.95 bits per heavy atom. The first kappa shape index (κ1) is 16.8. The zero-order valence-corrected chi connectivity index (χ0v) is 14.1. The van der Waals surface area contributed by atoms with E-state index >= 15 is 0 Å². The standard InChI is InChI=1S/C18H27ClFN/c1-4-9-21-18(14-7-5-12(2)6-8-14)15-10-13(3)17(20)11-16(15)19/h10-12,14,18,21H,4-9H2,1-3H3. The highest BCUT2D eigenvalue weighted by Crippen LogP contribution is 2.39. The second kappa shape index (κ2) is 7.60. The molecular weight excluding hydrogens is 285 g/mol. The summed E-state index contributed by atoms with van der Waals surface area (Å²) in [7, 11) is 0. The highest BCUT2D eigenvalue weighted by molar-refractivity contribution is 6.31. The number of rotatable bonds is 5. The van der Waals surface area contributed by atoms with Crippen molar-refractivity contribution in [2.75, 3.05) is 6.54 Å². The van der Waals surface area contributed by atoms with Gasteiger partial charge in [-0.25, -0.2) is 4.39 Å². The molecular formula is C18H27ClFN. The van der Waals surface area contributed by atoms with E-state index in [2.05, 4.69) is 19.2 Å². The van der Waals surface area contributed by atoms with Crippen LogP contribution in [0.15, 0.2) is 12.1 Å². The maximum absolute atomic E-state index is 13.7. The van der Waals surface area contributed by atoms with Crippen molar-refractivity contribution in [3.05, 3.63) is 34.1 Å². The second-order valence-corrected chi connectivity index (χ2v) is 6.98. The third kappa shape index (κ3) is 4.20. The first-order valence-corrected chi connectivity index (χ1v) is 8.59. The highest BCUT2D eigenvalue weighted by Gasteiger charge is 2.28. The molecule has 2 rings (SSSR count). The number of nitrogens with one attached hydrogen (secondary N) is 1. The quantitative estimate of drug-likeness (QED) is 0.740. The summed E-state index contributed by atoms with van der Waals surface area (Å²) < 4.78 is 13.7. The molecule has 0 bridgehead atoms. The van der Waals surface area contributed by atoms with Gasteiger partial charge in [-0.05, 0) is 61.8 Å². The first-order chi connectivity index (χ1) is 10.0. The van der Waals surface area contributed by atoms with Crippen LogP contribution < -0.4 is 5.32 Å². The summed E-state index contributed by atoms with van der Waals surface area (Å²) in [5, 5.41) is 4.21. The van der Waals surface area contributed by atoms with E-state index in [-0.39, 0.29) is 11.9 Å². The Bertz CT molecular complexity index is 467. The van der Waals surface area contributed by atoms with Crippen LogP contribution in [0.4, 0.5) is 4.39 Å². The average molecular weight is 312 g/mol. The van der Waals surface area contributed by atoms with Crippen LogP contribution in [-0.2, 0) is 0 Å². The van der Waals surface area contributed by atoms with Crippen molar-refractivity contribution in [2.24, 2.45) is 11.8 Å². The molecule has 0 aliphatic heterocycles. The SMILES string of the molecule is CCCNC(c1cc(C)c(F)cc1Cl)C1CCC(C)CC1. The molecule has 1 atom stereocenters. The molecule has 1 fully saturated rings. The minimum Gasteiger partial charge on any atom is -0.310 e. The second-order valence-electron chi connectivity index (χ2n) is 6.57. The molecule has 0 aromatic heterocycles. The van der Waals surface area contributed by atoms with Crippen LogP contribution in [-0.4, -0.2) is 6.54 Å². The van der Waals surface area contributed by atoms with E-state index in [0.29, 0.717) is 16.5 Å². The summed E-state index contributed by atoms with van der Waals surface area (Å²) in [4.78, 5) is 0. The molecule has 1 aromatic rings. The Balaban J connectivity index is 2.25. The summed E-state index contributed by atoms with van der Waals surface area (Å²) in [5.41, 5.74) is 1.76. The molecule has 0 amide bonds. The normalized spacial score (nSPS) is 24.0. The lowest BCUT2D eigenvalue weighted by atomic mass is 9.77. The molecule has 3 heteroatoms. The summed E-state index contributed by atoms with van der Waals surface area (Å²) in [6.07, 6.45) is 6.13. The van der Waals surface area contributed by atoms with E-state index in [9.17, 15) is 4.39 Å². The van der Waals surface area contributed by atoms with Gasteiger partial charge in [0.1, 0.15) is 5.82 Å². The van der Waals surface area contributed by atoms with E-state index in [1.807, 2.05) is 13.0 Å². The van der Waals surface area contributed by atoms with Crippen molar-refractivity contribution in [2.45, 2.75) is 58.9 Å². The maximum Gasteiger partial charge on any atom is 0.127 e. The molecule has 1 aliphatic rings. The number of benzene rings is 1. The van der Waals surface area contributed by atoms with Crippen LogP contribution in [0.1, 0.15) is 63.1 Å². The summed E-state index contributed by atoms with van der Waals surface area (Å²) >= 11 is 6.34. The Hall–Kier alpha value is -0.600. The lowest BCUT2D eigenvalue weighted by molar-refractivity contribution is 0.231. The Morgan fingerprint density at radius 1 is 1.29 bits per heavy atom. The van der Waals surface area contributed by atoms with Gasteiger partial charge in [0, 0.05) is 11.1 Å². The van der Waals surface area contributed by atoms with Crippen molar-refractivity contribution >= 4 is 11.6 Å². The fourth-order valence-electron chi connectivity index (χ4n) is 3.37. The molecule has 1 aliphatic carbocycles. The molecule has 0 heterocycles. The van der Waals surface area contributed by atoms with E-state index in [4.69, 9.17) is 11.6 Å². The summed E-state index contributed by atoms with van der Waals surface area (Å²) in [6.45, 7) is 7.29. The highest BCUT2D eigenvalue weighted by atomic mass is 35.5. The van der Waals surface area contributed by atoms with Crippen LogP contribution >= 0.6 is 11.6 Å². The predicted molar refractivity (Wildman–Crippen MR) is 88.3 cm³/mol. The van der Waals surface area contributed by atoms with Gasteiger partial charge in [-0.2, -0.15) is 0 Å². The largest absolute Gasteiger partial charge is 0.310 e. The van der Waals surface area contributed by atoms with Crippen LogP contribution in [0.3, 0.4) is 0 Å². The van der Waals surface area contributed by atoms with E-state index < -0.39 is 0 Å². The third-order valence-corrected chi connectivity index (χ3v) is 5.09. The van der Waals surface area contributed by atoms with Crippen LogP contribution in [0.25, 0.3) is 0 Å². The molecule has 1 aromatic carbocycles. The van der Waals surface area contributed by atoms with Crippen LogP contribution in [0.5, 0.6) is 0 Å². The lowest BCUT2D eigenvalue weighted by Gasteiger charge is -2.34. The summed E-state index contributed by atoms with van der Waals surface area (Å²) in [5.74, 6) is 1.23. The van der Waals surface area contributed by atoms with Gasteiger partial charge in [0.25, 0.3) is 0 Å². The Labute approximate surface area is 133 Å². The first-order valence-electron chi connectivity index (χ1n) is 8.21. The van der Waals surface area contributed by atoms with Crippen molar-refractivity contribution in [1.29, 1.82) is 0 Å². The zero-order chi connectivity index (χ0) is 15.4. The topological polar surface area (TPSA) is 12.0 Å². The van der Waals surface area contributed by atoms with Gasteiger partial charge in [0.05, 0.1) is 0 Å². The van der Waals surface area contributed by atoms with Crippen molar-refractivity contribution in [3.8, 4) is 0 Å². The molecule has 0 spiro atoms. The van der Waals surface area contributed by atoms with Gasteiger partial charge in [-0.1, -0.05) is 44.4 Å². The number of aryl methyl sites for hydroxylation is 1. The van der Waals surface area contributed by atoms with Crippen molar-refractivity contribution in [1.82, 2.24) is 5.32 Å². The minimum atomic E-state index is -0.213. The summed E-state index contributed by atoms with van der Waals surface area (Å²) in [6, 6.07) is 3.66. The van der Waals surface area contributed by atoms with Crippen molar-refractivity contribution in [3.63, 3.8) is 0 Å². The van der Waals surface area contributed by atoms with E-state index in [1.54, 1.807) is 0 Å². The molecule has 21 heavy (non-hydrogen) atoms. The van der Waals surface area contributed by atoms with Gasteiger partial charge >= 0.3 is 0 Å². The molecule has 1 unspecified atom stereocenters. The van der Waals surface area contributed by atoms with E-state index in [1.165, 1.54) is 31.7 Å². The van der Waals surface area contributed by atoms with Gasteiger partial charge < -0.3 is 5.32 Å². The predicted octanol–water partition coefficient (Wildman–Crippen LogP) is 5.65. The minimum absolute atomic E-state index is 0.213. The van der Waals surface area contributed by atoms with Crippen LogP contribution in [0.2, 0.25) is 5.02 Å². The molecule has 1 nitrogen and oxygen atoms in total. The monoisotopic (exact) mass is 311 g/mol. The fraction of sp³-hybridized carbons (Fsp3) is 0.667. The molecule has 118 valence electrons. The third-order valence-electron chi connectivity index (χ3n) is 4.76. The molecule has 0 saturated heterocycles.